The lowest BCUT2D eigenvalue weighted by molar-refractivity contribution is -0.109. The topological polar surface area (TPSA) is 50.5 Å². The Kier molecular flexibility index (Phi) is 5.11. The first kappa shape index (κ1) is 18.7. The van der Waals surface area contributed by atoms with E-state index in [2.05, 4.69) is 55.8 Å². The molecule has 0 saturated carbocycles. The maximum atomic E-state index is 10.7. The van der Waals surface area contributed by atoms with E-state index in [0.717, 1.165) is 60.4 Å². The van der Waals surface area contributed by atoms with Gasteiger partial charge >= 0.3 is 0 Å². The molecular weight excluding hydrogens is 372 g/mol. The van der Waals surface area contributed by atoms with Gasteiger partial charge in [0.2, 0.25) is 0 Å². The van der Waals surface area contributed by atoms with E-state index in [-0.39, 0.29) is 0 Å². The third-order valence-corrected chi connectivity index (χ3v) is 6.05. The normalized spacial score (nSPS) is 15.5. The molecule has 1 aliphatic rings. The maximum Gasteiger partial charge on any atom is 0.137 e. The minimum Gasteiger partial charge on any atom is -0.302 e. The third-order valence-electron chi connectivity index (χ3n) is 6.05. The van der Waals surface area contributed by atoms with Gasteiger partial charge in [-0.3, -0.25) is 14.3 Å². The van der Waals surface area contributed by atoms with Crippen LogP contribution in [-0.4, -0.2) is 45.2 Å². The number of carbonyl (C=O) groups excluding carboxylic acids is 1. The summed E-state index contributed by atoms with van der Waals surface area (Å²) in [5.74, 6) is 0.531. The smallest absolute Gasteiger partial charge is 0.137 e. The minimum absolute atomic E-state index is 0.531. The standard InChI is InChI=1S/C25H24N4O/c30-15-14-28-11-7-19(8-12-28)21-9-13-29-24(18-27-25(29)17-21)22-6-10-26-23(16-22)20-4-2-1-3-5-20/h1-6,9-10,13,15-19H,7-8,11-12,14H2. The second-order valence-electron chi connectivity index (χ2n) is 7.87. The molecule has 30 heavy (non-hydrogen) atoms. The molecule has 0 radical (unpaired) electrons. The first-order valence-corrected chi connectivity index (χ1v) is 10.5. The molecule has 1 aliphatic heterocycles. The van der Waals surface area contributed by atoms with Gasteiger partial charge in [0.05, 0.1) is 24.1 Å². The number of imidazole rings is 1. The summed E-state index contributed by atoms with van der Waals surface area (Å²) in [5.41, 5.74) is 6.54. The van der Waals surface area contributed by atoms with Crippen LogP contribution in [0.5, 0.6) is 0 Å². The molecule has 0 bridgehead atoms. The molecule has 5 nitrogen and oxygen atoms in total. The van der Waals surface area contributed by atoms with Gasteiger partial charge in [-0.1, -0.05) is 30.3 Å². The lowest BCUT2D eigenvalue weighted by atomic mass is 9.90. The minimum atomic E-state index is 0.531. The van der Waals surface area contributed by atoms with Crippen molar-refractivity contribution in [3.8, 4) is 22.5 Å². The Morgan fingerprint density at radius 1 is 0.967 bits per heavy atom. The largest absolute Gasteiger partial charge is 0.302 e. The van der Waals surface area contributed by atoms with Crippen LogP contribution < -0.4 is 0 Å². The number of hydrogen-bond donors (Lipinski definition) is 0. The van der Waals surface area contributed by atoms with Gasteiger partial charge in [0, 0.05) is 23.5 Å². The fraction of sp³-hybridized carbons (Fsp3) is 0.240. The van der Waals surface area contributed by atoms with Gasteiger partial charge in [0.1, 0.15) is 11.9 Å². The molecule has 5 heteroatoms. The van der Waals surface area contributed by atoms with Gasteiger partial charge in [0.15, 0.2) is 0 Å². The van der Waals surface area contributed by atoms with E-state index < -0.39 is 0 Å². The number of aldehydes is 1. The van der Waals surface area contributed by atoms with Crippen LogP contribution in [0.15, 0.2) is 73.2 Å². The number of carbonyl (C=O) groups is 1. The number of piperidine rings is 1. The fourth-order valence-electron chi connectivity index (χ4n) is 4.37. The molecule has 0 unspecified atom stereocenters. The molecule has 150 valence electrons. The molecule has 0 spiro atoms. The highest BCUT2D eigenvalue weighted by Gasteiger charge is 2.21. The average Bonchev–Trinajstić information content (AvgIpc) is 3.24. The summed E-state index contributed by atoms with van der Waals surface area (Å²) in [6, 6.07) is 18.8. The summed E-state index contributed by atoms with van der Waals surface area (Å²) in [6.07, 6.45) is 9.10. The van der Waals surface area contributed by atoms with Crippen LogP contribution in [-0.2, 0) is 4.79 Å². The molecule has 1 saturated heterocycles. The predicted octanol–water partition coefficient (Wildman–Crippen LogP) is 4.44. The number of aromatic nitrogens is 3. The van der Waals surface area contributed by atoms with Crippen LogP contribution in [0.4, 0.5) is 0 Å². The van der Waals surface area contributed by atoms with Crippen molar-refractivity contribution in [1.29, 1.82) is 0 Å². The van der Waals surface area contributed by atoms with Crippen molar-refractivity contribution in [2.75, 3.05) is 19.6 Å². The molecule has 0 aliphatic carbocycles. The Morgan fingerprint density at radius 3 is 2.60 bits per heavy atom. The Hall–Kier alpha value is -3.31. The summed E-state index contributed by atoms with van der Waals surface area (Å²) in [5, 5.41) is 0. The van der Waals surface area contributed by atoms with Crippen molar-refractivity contribution in [2.24, 2.45) is 0 Å². The van der Waals surface area contributed by atoms with Crippen LogP contribution in [0.25, 0.3) is 28.2 Å². The van der Waals surface area contributed by atoms with Crippen molar-refractivity contribution in [1.82, 2.24) is 19.3 Å². The monoisotopic (exact) mass is 396 g/mol. The van der Waals surface area contributed by atoms with Gasteiger partial charge in [-0.05, 0) is 61.7 Å². The Bertz CT molecular complexity index is 1160. The number of pyridine rings is 2. The predicted molar refractivity (Wildman–Crippen MR) is 118 cm³/mol. The maximum absolute atomic E-state index is 10.7. The van der Waals surface area contributed by atoms with Crippen LogP contribution in [0.1, 0.15) is 24.3 Å². The van der Waals surface area contributed by atoms with E-state index in [9.17, 15) is 4.79 Å². The van der Waals surface area contributed by atoms with Crippen molar-refractivity contribution in [2.45, 2.75) is 18.8 Å². The highest BCUT2D eigenvalue weighted by molar-refractivity contribution is 5.70. The molecule has 5 rings (SSSR count). The van der Waals surface area contributed by atoms with Crippen molar-refractivity contribution in [3.05, 3.63) is 78.8 Å². The first-order chi connectivity index (χ1) is 14.8. The zero-order valence-electron chi connectivity index (χ0n) is 16.8. The van der Waals surface area contributed by atoms with Gasteiger partial charge in [0.25, 0.3) is 0 Å². The molecule has 4 heterocycles. The number of fused-ring (bicyclic) bond motifs is 1. The zero-order valence-corrected chi connectivity index (χ0v) is 16.8. The Balaban J connectivity index is 1.42. The number of hydrogen-bond acceptors (Lipinski definition) is 4. The van der Waals surface area contributed by atoms with E-state index in [0.29, 0.717) is 12.5 Å². The fourth-order valence-corrected chi connectivity index (χ4v) is 4.37. The Morgan fingerprint density at radius 2 is 1.80 bits per heavy atom. The number of rotatable bonds is 5. The molecular formula is C25H24N4O. The molecule has 1 aromatic carbocycles. The van der Waals surface area contributed by atoms with E-state index in [1.807, 2.05) is 36.7 Å². The van der Waals surface area contributed by atoms with Crippen LogP contribution in [0.3, 0.4) is 0 Å². The van der Waals surface area contributed by atoms with E-state index in [1.54, 1.807) is 0 Å². The van der Waals surface area contributed by atoms with Crippen molar-refractivity contribution < 1.29 is 4.79 Å². The quantitative estimate of drug-likeness (QED) is 0.468. The van der Waals surface area contributed by atoms with Crippen molar-refractivity contribution in [3.63, 3.8) is 0 Å². The molecule has 3 aromatic heterocycles. The second kappa shape index (κ2) is 8.20. The highest BCUT2D eigenvalue weighted by Crippen LogP contribution is 2.30. The van der Waals surface area contributed by atoms with E-state index in [4.69, 9.17) is 0 Å². The average molecular weight is 396 g/mol. The lowest BCUT2D eigenvalue weighted by Crippen LogP contribution is -2.34. The third kappa shape index (κ3) is 3.64. The summed E-state index contributed by atoms with van der Waals surface area (Å²) < 4.78 is 2.15. The van der Waals surface area contributed by atoms with Gasteiger partial charge in [-0.15, -0.1) is 0 Å². The van der Waals surface area contributed by atoms with Crippen molar-refractivity contribution >= 4 is 11.9 Å². The summed E-state index contributed by atoms with van der Waals surface area (Å²) >= 11 is 0. The number of nitrogens with zero attached hydrogens (tertiary/aromatic N) is 4. The number of likely N-dealkylation sites (tertiary alicyclic amines) is 1. The first-order valence-electron chi connectivity index (χ1n) is 10.5. The van der Waals surface area contributed by atoms with Crippen LogP contribution in [0, 0.1) is 0 Å². The molecule has 4 aromatic rings. The van der Waals surface area contributed by atoms with E-state index >= 15 is 0 Å². The molecule has 0 amide bonds. The van der Waals surface area contributed by atoms with Gasteiger partial charge in [-0.25, -0.2) is 4.98 Å². The van der Waals surface area contributed by atoms with E-state index in [1.165, 1.54) is 5.56 Å². The zero-order chi connectivity index (χ0) is 20.3. The highest BCUT2D eigenvalue weighted by atomic mass is 16.1. The number of benzene rings is 1. The van der Waals surface area contributed by atoms with Crippen LogP contribution in [0.2, 0.25) is 0 Å². The SMILES string of the molecule is O=CCN1CCC(c2ccn3c(-c4ccnc(-c5ccccc5)c4)cnc3c2)CC1. The summed E-state index contributed by atoms with van der Waals surface area (Å²) in [6.45, 7) is 2.51. The van der Waals surface area contributed by atoms with Gasteiger partial charge < -0.3 is 4.79 Å². The second-order valence-corrected chi connectivity index (χ2v) is 7.87. The Labute approximate surface area is 176 Å². The lowest BCUT2D eigenvalue weighted by Gasteiger charge is -2.30. The van der Waals surface area contributed by atoms with Gasteiger partial charge in [-0.2, -0.15) is 0 Å². The molecule has 0 atom stereocenters. The van der Waals surface area contributed by atoms with Crippen LogP contribution >= 0.6 is 0 Å². The summed E-state index contributed by atoms with van der Waals surface area (Å²) in [4.78, 5) is 22.2. The molecule has 0 N–H and O–H groups in total. The summed E-state index contributed by atoms with van der Waals surface area (Å²) in [7, 11) is 0. The molecule has 1 fully saturated rings.